The summed E-state index contributed by atoms with van der Waals surface area (Å²) in [5.41, 5.74) is 0. The first-order valence-electron chi connectivity index (χ1n) is 7.04. The normalized spacial score (nSPS) is 12.2. The molecule has 20 heavy (non-hydrogen) atoms. The van der Waals surface area contributed by atoms with Gasteiger partial charge in [-0.2, -0.15) is 0 Å². The van der Waals surface area contributed by atoms with Crippen LogP contribution in [0.5, 0.6) is 0 Å². The number of rotatable bonds is 7. The Morgan fingerprint density at radius 1 is 1.20 bits per heavy atom. The molecule has 0 radical (unpaired) electrons. The molecule has 0 aliphatic carbocycles. The summed E-state index contributed by atoms with van der Waals surface area (Å²) in [6.45, 7) is 7.12. The lowest BCUT2D eigenvalue weighted by atomic mass is 10.2. The minimum Gasteiger partial charge on any atom is -0.370 e. The average molecular weight is 291 g/mol. The number of nitrogens with one attached hydrogen (secondary N) is 2. The van der Waals surface area contributed by atoms with Crippen LogP contribution in [0.1, 0.15) is 44.1 Å². The predicted octanol–water partition coefficient (Wildman–Crippen LogP) is 3.49. The maximum atomic E-state index is 4.55. The molecule has 2 rings (SSSR count). The van der Waals surface area contributed by atoms with Crippen LogP contribution in [0.2, 0.25) is 0 Å². The van der Waals surface area contributed by atoms with Crippen molar-refractivity contribution in [1.29, 1.82) is 0 Å². The van der Waals surface area contributed by atoms with Gasteiger partial charge in [-0.3, -0.25) is 0 Å². The van der Waals surface area contributed by atoms with Gasteiger partial charge in [0.25, 0.3) is 0 Å². The molecule has 0 saturated carbocycles. The molecule has 2 aromatic heterocycles. The van der Waals surface area contributed by atoms with Gasteiger partial charge in [0.15, 0.2) is 0 Å². The van der Waals surface area contributed by atoms with Crippen LogP contribution in [0.25, 0.3) is 0 Å². The summed E-state index contributed by atoms with van der Waals surface area (Å²) >= 11 is 1.67. The maximum absolute atomic E-state index is 4.55. The Morgan fingerprint density at radius 2 is 2.00 bits per heavy atom. The Morgan fingerprint density at radius 3 is 2.60 bits per heavy atom. The van der Waals surface area contributed by atoms with Crippen molar-refractivity contribution in [3.8, 4) is 0 Å². The zero-order valence-electron chi connectivity index (χ0n) is 12.2. The SMILES string of the molecule is CCNc1cc(NC(CC)c2nccs2)nc(CC)n1. The maximum Gasteiger partial charge on any atom is 0.132 e. The van der Waals surface area contributed by atoms with Crippen molar-refractivity contribution in [1.82, 2.24) is 15.0 Å². The number of aromatic nitrogens is 3. The molecule has 0 aliphatic rings. The van der Waals surface area contributed by atoms with Gasteiger partial charge in [-0.1, -0.05) is 13.8 Å². The van der Waals surface area contributed by atoms with Gasteiger partial charge in [-0.15, -0.1) is 11.3 Å². The third-order valence-corrected chi connectivity index (χ3v) is 3.82. The second-order valence-corrected chi connectivity index (χ2v) is 5.34. The van der Waals surface area contributed by atoms with E-state index in [0.29, 0.717) is 0 Å². The van der Waals surface area contributed by atoms with Crippen LogP contribution in [0.3, 0.4) is 0 Å². The fraction of sp³-hybridized carbons (Fsp3) is 0.500. The van der Waals surface area contributed by atoms with Crippen LogP contribution in [0.15, 0.2) is 17.6 Å². The molecule has 0 bridgehead atoms. The highest BCUT2D eigenvalue weighted by molar-refractivity contribution is 7.09. The number of nitrogens with zero attached hydrogens (tertiary/aromatic N) is 3. The molecular formula is C14H21N5S. The van der Waals surface area contributed by atoms with E-state index in [1.54, 1.807) is 11.3 Å². The van der Waals surface area contributed by atoms with Crippen LogP contribution in [0.4, 0.5) is 11.6 Å². The number of hydrogen-bond donors (Lipinski definition) is 2. The van der Waals surface area contributed by atoms with Crippen molar-refractivity contribution in [2.45, 2.75) is 39.7 Å². The molecule has 1 unspecified atom stereocenters. The fourth-order valence-electron chi connectivity index (χ4n) is 1.92. The van der Waals surface area contributed by atoms with Gasteiger partial charge >= 0.3 is 0 Å². The Hall–Kier alpha value is -1.69. The van der Waals surface area contributed by atoms with Gasteiger partial charge in [0.05, 0.1) is 6.04 Å². The summed E-state index contributed by atoms with van der Waals surface area (Å²) in [6.07, 6.45) is 3.63. The van der Waals surface area contributed by atoms with E-state index < -0.39 is 0 Å². The summed E-state index contributed by atoms with van der Waals surface area (Å²) in [7, 11) is 0. The number of anilines is 2. The standard InChI is InChI=1S/C14H21N5S/c1-4-10(14-16-7-8-20-14)17-13-9-12(15-6-3)18-11(5-2)19-13/h7-10H,4-6H2,1-3H3,(H2,15,17,18,19). The third-order valence-electron chi connectivity index (χ3n) is 2.93. The average Bonchev–Trinajstić information content (AvgIpc) is 2.99. The predicted molar refractivity (Wildman–Crippen MR) is 84.3 cm³/mol. The van der Waals surface area contributed by atoms with Crippen molar-refractivity contribution < 1.29 is 0 Å². The Balaban J connectivity index is 2.20. The van der Waals surface area contributed by atoms with E-state index in [1.165, 1.54) is 0 Å². The van der Waals surface area contributed by atoms with Crippen LogP contribution < -0.4 is 10.6 Å². The molecule has 0 saturated heterocycles. The molecule has 2 heterocycles. The summed E-state index contributed by atoms with van der Waals surface area (Å²) < 4.78 is 0. The first-order valence-corrected chi connectivity index (χ1v) is 7.92. The van der Waals surface area contributed by atoms with Gasteiger partial charge < -0.3 is 10.6 Å². The van der Waals surface area contributed by atoms with E-state index in [0.717, 1.165) is 41.9 Å². The minimum absolute atomic E-state index is 0.198. The summed E-state index contributed by atoms with van der Waals surface area (Å²) in [5, 5.41) is 9.80. The van der Waals surface area contributed by atoms with Crippen molar-refractivity contribution >= 4 is 23.0 Å². The van der Waals surface area contributed by atoms with E-state index in [1.807, 2.05) is 17.6 Å². The zero-order chi connectivity index (χ0) is 14.4. The van der Waals surface area contributed by atoms with Crippen LogP contribution in [-0.4, -0.2) is 21.5 Å². The smallest absolute Gasteiger partial charge is 0.132 e. The highest BCUT2D eigenvalue weighted by Crippen LogP contribution is 2.24. The van der Waals surface area contributed by atoms with Crippen molar-refractivity contribution in [2.24, 2.45) is 0 Å². The Kier molecular flexibility index (Phi) is 5.29. The third kappa shape index (κ3) is 3.66. The van der Waals surface area contributed by atoms with Crippen molar-refractivity contribution in [2.75, 3.05) is 17.2 Å². The minimum atomic E-state index is 0.198. The second kappa shape index (κ2) is 7.19. The molecule has 2 aromatic rings. The Bertz CT molecular complexity index is 526. The lowest BCUT2D eigenvalue weighted by molar-refractivity contribution is 0.734. The molecule has 1 atom stereocenters. The van der Waals surface area contributed by atoms with E-state index >= 15 is 0 Å². The van der Waals surface area contributed by atoms with Gasteiger partial charge in [-0.25, -0.2) is 15.0 Å². The first kappa shape index (κ1) is 14.7. The molecule has 108 valence electrons. The van der Waals surface area contributed by atoms with Crippen molar-refractivity contribution in [3.05, 3.63) is 28.5 Å². The lowest BCUT2D eigenvalue weighted by Gasteiger charge is -2.16. The van der Waals surface area contributed by atoms with Crippen LogP contribution >= 0.6 is 11.3 Å². The fourth-order valence-corrected chi connectivity index (χ4v) is 2.70. The molecule has 0 aromatic carbocycles. The van der Waals surface area contributed by atoms with Gasteiger partial charge in [0.2, 0.25) is 0 Å². The highest BCUT2D eigenvalue weighted by Gasteiger charge is 2.13. The van der Waals surface area contributed by atoms with E-state index in [9.17, 15) is 0 Å². The van der Waals surface area contributed by atoms with E-state index in [-0.39, 0.29) is 6.04 Å². The van der Waals surface area contributed by atoms with Crippen LogP contribution in [-0.2, 0) is 6.42 Å². The molecule has 0 spiro atoms. The van der Waals surface area contributed by atoms with Gasteiger partial charge in [-0.05, 0) is 13.3 Å². The Labute approximate surface area is 123 Å². The number of thiazole rings is 1. The van der Waals surface area contributed by atoms with E-state index in [4.69, 9.17) is 0 Å². The molecule has 5 nitrogen and oxygen atoms in total. The first-order chi connectivity index (χ1) is 9.76. The quantitative estimate of drug-likeness (QED) is 0.817. The molecule has 2 N–H and O–H groups in total. The highest BCUT2D eigenvalue weighted by atomic mass is 32.1. The lowest BCUT2D eigenvalue weighted by Crippen LogP contribution is -2.12. The topological polar surface area (TPSA) is 62.7 Å². The zero-order valence-corrected chi connectivity index (χ0v) is 13.0. The molecular weight excluding hydrogens is 270 g/mol. The summed E-state index contributed by atoms with van der Waals surface area (Å²) in [4.78, 5) is 13.4. The molecule has 6 heteroatoms. The van der Waals surface area contributed by atoms with Crippen LogP contribution in [0, 0.1) is 0 Å². The summed E-state index contributed by atoms with van der Waals surface area (Å²) in [5.74, 6) is 2.57. The van der Waals surface area contributed by atoms with Gasteiger partial charge in [0, 0.05) is 30.6 Å². The number of aryl methyl sites for hydroxylation is 1. The largest absolute Gasteiger partial charge is 0.370 e. The second-order valence-electron chi connectivity index (χ2n) is 4.41. The van der Waals surface area contributed by atoms with E-state index in [2.05, 4.69) is 46.4 Å². The molecule has 0 fully saturated rings. The van der Waals surface area contributed by atoms with Gasteiger partial charge in [0.1, 0.15) is 22.5 Å². The van der Waals surface area contributed by atoms with Crippen molar-refractivity contribution in [3.63, 3.8) is 0 Å². The number of hydrogen-bond acceptors (Lipinski definition) is 6. The summed E-state index contributed by atoms with van der Waals surface area (Å²) in [6, 6.07) is 2.16. The molecule has 0 aliphatic heterocycles. The molecule has 0 amide bonds. The monoisotopic (exact) mass is 291 g/mol.